The van der Waals surface area contributed by atoms with Crippen molar-refractivity contribution in [3.8, 4) is 0 Å². The molecule has 1 saturated carbocycles. The van der Waals surface area contributed by atoms with Gasteiger partial charge in [-0.3, -0.25) is 4.79 Å². The summed E-state index contributed by atoms with van der Waals surface area (Å²) in [6.07, 6.45) is 1.26. The molecule has 1 aliphatic carbocycles. The van der Waals surface area contributed by atoms with Crippen LogP contribution in [0.3, 0.4) is 0 Å². The molecular weight excluding hydrogens is 118 g/mol. The van der Waals surface area contributed by atoms with Gasteiger partial charge in [0.1, 0.15) is 0 Å². The molecule has 0 aromatic carbocycles. The predicted molar refractivity (Wildman–Crippen MR) is 32.8 cm³/mol. The number of aliphatic hydroxyl groups excluding tert-OH is 1. The van der Waals surface area contributed by atoms with Crippen molar-refractivity contribution in [2.75, 3.05) is 0 Å². The number of amides is 1. The van der Waals surface area contributed by atoms with Crippen LogP contribution in [-0.4, -0.2) is 23.2 Å². The average molecular weight is 129 g/mol. The zero-order valence-corrected chi connectivity index (χ0v) is 5.42. The minimum atomic E-state index is -0.179. The minimum Gasteiger partial charge on any atom is -0.393 e. The Labute approximate surface area is 54.1 Å². The van der Waals surface area contributed by atoms with Crippen LogP contribution in [0.15, 0.2) is 0 Å². The van der Waals surface area contributed by atoms with Crippen LogP contribution in [0.4, 0.5) is 0 Å². The fraction of sp³-hybridized carbons (Fsp3) is 0.833. The van der Waals surface area contributed by atoms with E-state index >= 15 is 0 Å². The van der Waals surface area contributed by atoms with E-state index in [1.165, 1.54) is 6.92 Å². The standard InChI is InChI=1S/C6H11NO2/c1-4(8)7-5-2-6(9)3-5/h5-6,9H,2-3H2,1H3,(H,7,8)/t5-,6+. The van der Waals surface area contributed by atoms with Gasteiger partial charge in [-0.2, -0.15) is 0 Å². The Hall–Kier alpha value is -0.570. The molecule has 0 saturated heterocycles. The van der Waals surface area contributed by atoms with Crippen molar-refractivity contribution < 1.29 is 9.90 Å². The van der Waals surface area contributed by atoms with Crippen molar-refractivity contribution in [3.05, 3.63) is 0 Å². The monoisotopic (exact) mass is 129 g/mol. The molecule has 9 heavy (non-hydrogen) atoms. The first-order valence-electron chi connectivity index (χ1n) is 3.13. The van der Waals surface area contributed by atoms with Gasteiger partial charge < -0.3 is 10.4 Å². The summed E-state index contributed by atoms with van der Waals surface area (Å²) < 4.78 is 0. The third-order valence-electron chi connectivity index (χ3n) is 1.52. The number of hydrogen-bond donors (Lipinski definition) is 2. The normalized spacial score (nSPS) is 33.1. The van der Waals surface area contributed by atoms with Crippen LogP contribution in [0, 0.1) is 0 Å². The Kier molecular flexibility index (Phi) is 1.71. The third-order valence-corrected chi connectivity index (χ3v) is 1.52. The Bertz CT molecular complexity index is 118. The molecule has 0 bridgehead atoms. The van der Waals surface area contributed by atoms with Gasteiger partial charge >= 0.3 is 0 Å². The van der Waals surface area contributed by atoms with Gasteiger partial charge in [0.25, 0.3) is 0 Å². The van der Waals surface area contributed by atoms with E-state index in [4.69, 9.17) is 5.11 Å². The maximum Gasteiger partial charge on any atom is 0.217 e. The van der Waals surface area contributed by atoms with Crippen molar-refractivity contribution in [2.24, 2.45) is 0 Å². The highest BCUT2D eigenvalue weighted by molar-refractivity contribution is 5.73. The Balaban J connectivity index is 2.11. The highest BCUT2D eigenvalue weighted by Gasteiger charge is 2.27. The zero-order valence-electron chi connectivity index (χ0n) is 5.42. The quantitative estimate of drug-likeness (QED) is 0.508. The van der Waals surface area contributed by atoms with E-state index in [2.05, 4.69) is 5.32 Å². The largest absolute Gasteiger partial charge is 0.393 e. The lowest BCUT2D eigenvalue weighted by molar-refractivity contribution is -0.120. The predicted octanol–water partition coefficient (Wildman–Crippen LogP) is -0.354. The number of carbonyl (C=O) groups is 1. The van der Waals surface area contributed by atoms with E-state index in [1.807, 2.05) is 0 Å². The molecule has 0 unspecified atom stereocenters. The summed E-state index contributed by atoms with van der Waals surface area (Å²) in [5, 5.41) is 11.5. The molecule has 3 heteroatoms. The zero-order chi connectivity index (χ0) is 6.85. The van der Waals surface area contributed by atoms with E-state index in [0.717, 1.165) is 12.8 Å². The molecule has 1 fully saturated rings. The first-order valence-corrected chi connectivity index (χ1v) is 3.13. The van der Waals surface area contributed by atoms with Crippen LogP contribution >= 0.6 is 0 Å². The summed E-state index contributed by atoms with van der Waals surface area (Å²) in [5.41, 5.74) is 0. The van der Waals surface area contributed by atoms with Crippen LogP contribution in [0.25, 0.3) is 0 Å². The Morgan fingerprint density at radius 3 is 2.56 bits per heavy atom. The maximum atomic E-state index is 10.4. The van der Waals surface area contributed by atoms with Gasteiger partial charge in [0.05, 0.1) is 6.10 Å². The van der Waals surface area contributed by atoms with Crippen LogP contribution in [0.1, 0.15) is 19.8 Å². The molecule has 0 aromatic heterocycles. The van der Waals surface area contributed by atoms with Crippen LogP contribution in [-0.2, 0) is 4.79 Å². The first-order chi connectivity index (χ1) is 4.18. The number of nitrogens with one attached hydrogen (secondary N) is 1. The van der Waals surface area contributed by atoms with E-state index in [-0.39, 0.29) is 18.1 Å². The summed E-state index contributed by atoms with van der Waals surface area (Å²) >= 11 is 0. The van der Waals surface area contributed by atoms with Crippen LogP contribution < -0.4 is 5.32 Å². The van der Waals surface area contributed by atoms with E-state index < -0.39 is 0 Å². The average Bonchev–Trinajstić information content (AvgIpc) is 1.60. The summed E-state index contributed by atoms with van der Waals surface area (Å²) in [6, 6.07) is 0.234. The molecule has 2 N–H and O–H groups in total. The van der Waals surface area contributed by atoms with Crippen molar-refractivity contribution in [1.29, 1.82) is 0 Å². The Morgan fingerprint density at radius 2 is 2.22 bits per heavy atom. The highest BCUT2D eigenvalue weighted by atomic mass is 16.3. The number of carbonyl (C=O) groups excluding carboxylic acids is 1. The van der Waals surface area contributed by atoms with E-state index in [9.17, 15) is 4.79 Å². The van der Waals surface area contributed by atoms with Gasteiger partial charge in [-0.1, -0.05) is 0 Å². The molecule has 1 rings (SSSR count). The molecule has 0 spiro atoms. The number of hydrogen-bond acceptors (Lipinski definition) is 2. The second-order valence-corrected chi connectivity index (χ2v) is 2.52. The number of aliphatic hydroxyl groups is 1. The van der Waals surface area contributed by atoms with Gasteiger partial charge in [0.2, 0.25) is 5.91 Å². The summed E-state index contributed by atoms with van der Waals surface area (Å²) in [7, 11) is 0. The van der Waals surface area contributed by atoms with Crippen LogP contribution in [0.5, 0.6) is 0 Å². The fourth-order valence-corrected chi connectivity index (χ4v) is 0.993. The summed E-state index contributed by atoms with van der Waals surface area (Å²) in [6.45, 7) is 1.49. The molecule has 1 amide bonds. The van der Waals surface area contributed by atoms with Crippen molar-refractivity contribution in [2.45, 2.75) is 31.9 Å². The van der Waals surface area contributed by atoms with Crippen LogP contribution in [0.2, 0.25) is 0 Å². The van der Waals surface area contributed by atoms with Crippen molar-refractivity contribution >= 4 is 5.91 Å². The summed E-state index contributed by atoms with van der Waals surface area (Å²) in [5.74, 6) is -0.00750. The van der Waals surface area contributed by atoms with E-state index in [1.54, 1.807) is 0 Å². The van der Waals surface area contributed by atoms with Gasteiger partial charge in [-0.05, 0) is 12.8 Å². The smallest absolute Gasteiger partial charge is 0.217 e. The second kappa shape index (κ2) is 2.35. The van der Waals surface area contributed by atoms with Gasteiger partial charge in [-0.15, -0.1) is 0 Å². The maximum absolute atomic E-state index is 10.4. The molecule has 0 heterocycles. The van der Waals surface area contributed by atoms with Crippen molar-refractivity contribution in [3.63, 3.8) is 0 Å². The molecule has 3 nitrogen and oxygen atoms in total. The first kappa shape index (κ1) is 6.55. The third kappa shape index (κ3) is 1.68. The SMILES string of the molecule is CC(=O)N[C@H]1C[C@@H](O)C1. The van der Waals surface area contributed by atoms with Gasteiger partial charge in [0, 0.05) is 13.0 Å². The van der Waals surface area contributed by atoms with Gasteiger partial charge in [-0.25, -0.2) is 0 Å². The topological polar surface area (TPSA) is 49.3 Å². The Morgan fingerprint density at radius 1 is 1.67 bits per heavy atom. The van der Waals surface area contributed by atoms with Gasteiger partial charge in [0.15, 0.2) is 0 Å². The number of rotatable bonds is 1. The summed E-state index contributed by atoms with van der Waals surface area (Å²) in [4.78, 5) is 10.4. The lowest BCUT2D eigenvalue weighted by Gasteiger charge is -2.31. The second-order valence-electron chi connectivity index (χ2n) is 2.52. The lowest BCUT2D eigenvalue weighted by Crippen LogP contribution is -2.45. The molecule has 0 aliphatic heterocycles. The van der Waals surface area contributed by atoms with E-state index in [0.29, 0.717) is 0 Å². The van der Waals surface area contributed by atoms with Crippen molar-refractivity contribution in [1.82, 2.24) is 5.32 Å². The molecular formula is C6H11NO2. The highest BCUT2D eigenvalue weighted by Crippen LogP contribution is 2.18. The molecule has 0 aromatic rings. The molecule has 52 valence electrons. The molecule has 1 aliphatic rings. The fourth-order valence-electron chi connectivity index (χ4n) is 0.993. The minimum absolute atomic E-state index is 0.00750. The molecule has 0 atom stereocenters. The lowest BCUT2D eigenvalue weighted by atomic mass is 9.90. The molecule has 0 radical (unpaired) electrons.